The molecule has 1 atom stereocenters. The van der Waals surface area contributed by atoms with Crippen molar-refractivity contribution in [2.45, 2.75) is 26.2 Å². The van der Waals surface area contributed by atoms with Crippen LogP contribution in [0.5, 0.6) is 5.75 Å². The molecule has 0 aliphatic heterocycles. The summed E-state index contributed by atoms with van der Waals surface area (Å²) in [5.41, 5.74) is 4.32. The maximum Gasteiger partial charge on any atom is 0.262 e. The van der Waals surface area contributed by atoms with Gasteiger partial charge in [0, 0.05) is 11.3 Å². The van der Waals surface area contributed by atoms with Gasteiger partial charge in [0.25, 0.3) is 5.91 Å². The van der Waals surface area contributed by atoms with Crippen molar-refractivity contribution >= 4 is 22.7 Å². The largest absolute Gasteiger partial charge is 0.484 e. The van der Waals surface area contributed by atoms with E-state index in [0.717, 1.165) is 23.1 Å². The van der Waals surface area contributed by atoms with Crippen LogP contribution in [0.15, 0.2) is 77.2 Å². The number of aromatic nitrogens is 1. The number of anilines is 1. The molecule has 1 amide bonds. The highest BCUT2D eigenvalue weighted by Gasteiger charge is 2.12. The average Bonchev–Trinajstić information content (AvgIpc) is 3.21. The first kappa shape index (κ1) is 19.7. The van der Waals surface area contributed by atoms with Gasteiger partial charge in [-0.1, -0.05) is 44.2 Å². The number of ether oxygens (including phenoxy) is 1. The minimum absolute atomic E-state index is 0.0600. The Balaban J connectivity index is 1.48. The third kappa shape index (κ3) is 4.51. The van der Waals surface area contributed by atoms with Crippen LogP contribution in [0.25, 0.3) is 22.6 Å². The van der Waals surface area contributed by atoms with Crippen LogP contribution in [0.3, 0.4) is 0 Å². The monoisotopic (exact) mass is 400 g/mol. The number of rotatable bonds is 7. The van der Waals surface area contributed by atoms with Crippen molar-refractivity contribution in [1.82, 2.24) is 4.98 Å². The summed E-state index contributed by atoms with van der Waals surface area (Å²) in [4.78, 5) is 16.9. The maximum absolute atomic E-state index is 12.2. The summed E-state index contributed by atoms with van der Waals surface area (Å²) in [5.74, 6) is 1.44. The van der Waals surface area contributed by atoms with Gasteiger partial charge in [0.15, 0.2) is 12.2 Å². The lowest BCUT2D eigenvalue weighted by molar-refractivity contribution is -0.118. The molecule has 0 unspecified atom stereocenters. The van der Waals surface area contributed by atoms with Gasteiger partial charge in [0.2, 0.25) is 5.89 Å². The lowest BCUT2D eigenvalue weighted by Gasteiger charge is -2.08. The number of hydrogen-bond donors (Lipinski definition) is 1. The van der Waals surface area contributed by atoms with E-state index in [1.165, 1.54) is 5.56 Å². The summed E-state index contributed by atoms with van der Waals surface area (Å²) >= 11 is 0. The molecular weight excluding hydrogens is 376 g/mol. The topological polar surface area (TPSA) is 64.4 Å². The molecule has 0 bridgehead atoms. The highest BCUT2D eigenvalue weighted by molar-refractivity contribution is 5.92. The van der Waals surface area contributed by atoms with Gasteiger partial charge < -0.3 is 14.5 Å². The molecule has 4 rings (SSSR count). The SMILES string of the molecule is CC[C@H](C)c1ccc2oc(-c3cccc(NC(=O)COc4ccccc4)c3)nc2c1. The number of carbonyl (C=O) groups excluding carboxylic acids is 1. The first-order valence-electron chi connectivity index (χ1n) is 10.1. The van der Waals surface area contributed by atoms with Crippen molar-refractivity contribution in [3.8, 4) is 17.2 Å². The van der Waals surface area contributed by atoms with Crippen molar-refractivity contribution < 1.29 is 13.9 Å². The van der Waals surface area contributed by atoms with Crippen LogP contribution in [-0.4, -0.2) is 17.5 Å². The molecule has 3 aromatic carbocycles. The second kappa shape index (κ2) is 8.82. The van der Waals surface area contributed by atoms with E-state index in [1.807, 2.05) is 60.7 Å². The van der Waals surface area contributed by atoms with E-state index >= 15 is 0 Å². The Morgan fingerprint density at radius 2 is 1.90 bits per heavy atom. The normalized spacial score (nSPS) is 11.9. The van der Waals surface area contributed by atoms with Gasteiger partial charge in [-0.05, 0) is 60.4 Å². The molecule has 1 N–H and O–H groups in total. The fourth-order valence-electron chi connectivity index (χ4n) is 3.20. The van der Waals surface area contributed by atoms with E-state index in [9.17, 15) is 4.79 Å². The standard InChI is InChI=1S/C25H24N2O3/c1-3-17(2)18-12-13-23-22(15-18)27-25(30-23)19-8-7-9-20(14-19)26-24(28)16-29-21-10-5-4-6-11-21/h4-15,17H,3,16H2,1-2H3,(H,26,28)/t17-/m0/s1. The highest BCUT2D eigenvalue weighted by atomic mass is 16.5. The molecule has 1 aromatic heterocycles. The van der Waals surface area contributed by atoms with Crippen LogP contribution in [0.2, 0.25) is 0 Å². The third-order valence-electron chi connectivity index (χ3n) is 5.10. The van der Waals surface area contributed by atoms with Gasteiger partial charge in [-0.2, -0.15) is 0 Å². The smallest absolute Gasteiger partial charge is 0.262 e. The average molecular weight is 400 g/mol. The Labute approximate surface area is 175 Å². The number of carbonyl (C=O) groups is 1. The maximum atomic E-state index is 12.2. The molecule has 5 heteroatoms. The number of fused-ring (bicyclic) bond motifs is 1. The van der Waals surface area contributed by atoms with Crippen LogP contribution in [0.1, 0.15) is 31.7 Å². The van der Waals surface area contributed by atoms with Crippen molar-refractivity contribution in [1.29, 1.82) is 0 Å². The van der Waals surface area contributed by atoms with Crippen molar-refractivity contribution in [2.24, 2.45) is 0 Å². The molecule has 0 radical (unpaired) electrons. The molecule has 30 heavy (non-hydrogen) atoms. The highest BCUT2D eigenvalue weighted by Crippen LogP contribution is 2.29. The molecule has 0 saturated heterocycles. The van der Waals surface area contributed by atoms with Gasteiger partial charge in [0.1, 0.15) is 11.3 Å². The Morgan fingerprint density at radius 3 is 2.70 bits per heavy atom. The van der Waals surface area contributed by atoms with E-state index in [0.29, 0.717) is 23.2 Å². The van der Waals surface area contributed by atoms with Crippen LogP contribution in [-0.2, 0) is 4.79 Å². The number of nitrogens with one attached hydrogen (secondary N) is 1. The van der Waals surface area contributed by atoms with E-state index in [-0.39, 0.29) is 12.5 Å². The first-order chi connectivity index (χ1) is 14.6. The van der Waals surface area contributed by atoms with E-state index < -0.39 is 0 Å². The molecule has 0 saturated carbocycles. The lowest BCUT2D eigenvalue weighted by Crippen LogP contribution is -2.20. The lowest BCUT2D eigenvalue weighted by atomic mass is 9.98. The fourth-order valence-corrected chi connectivity index (χ4v) is 3.20. The van der Waals surface area contributed by atoms with Crippen LogP contribution in [0, 0.1) is 0 Å². The van der Waals surface area contributed by atoms with Gasteiger partial charge >= 0.3 is 0 Å². The number of para-hydroxylation sites is 1. The summed E-state index contributed by atoms with van der Waals surface area (Å²) in [6, 6.07) is 22.9. The zero-order valence-electron chi connectivity index (χ0n) is 17.1. The van der Waals surface area contributed by atoms with E-state index in [2.05, 4.69) is 36.3 Å². The van der Waals surface area contributed by atoms with Crippen molar-refractivity contribution in [3.05, 3.63) is 78.4 Å². The van der Waals surface area contributed by atoms with Crippen molar-refractivity contribution in [2.75, 3.05) is 11.9 Å². The van der Waals surface area contributed by atoms with Crippen LogP contribution in [0.4, 0.5) is 5.69 Å². The minimum atomic E-state index is -0.230. The quantitative estimate of drug-likeness (QED) is 0.412. The molecule has 4 aromatic rings. The summed E-state index contributed by atoms with van der Waals surface area (Å²) in [7, 11) is 0. The van der Waals surface area contributed by atoms with Gasteiger partial charge in [-0.3, -0.25) is 4.79 Å². The predicted molar refractivity (Wildman–Crippen MR) is 119 cm³/mol. The predicted octanol–water partition coefficient (Wildman–Crippen LogP) is 6.03. The molecule has 0 aliphatic carbocycles. The Hall–Kier alpha value is -3.60. The van der Waals surface area contributed by atoms with E-state index in [1.54, 1.807) is 0 Å². The molecular formula is C25H24N2O3. The Morgan fingerprint density at radius 1 is 1.07 bits per heavy atom. The summed E-state index contributed by atoms with van der Waals surface area (Å²) in [6.45, 7) is 4.32. The molecule has 0 aliphatic rings. The Bertz CT molecular complexity index is 1150. The molecule has 5 nitrogen and oxygen atoms in total. The fraction of sp³-hybridized carbons (Fsp3) is 0.200. The number of amides is 1. The number of oxazole rings is 1. The van der Waals surface area contributed by atoms with Crippen LogP contribution >= 0.6 is 0 Å². The summed E-state index contributed by atoms with van der Waals surface area (Å²) in [6.07, 6.45) is 1.08. The number of hydrogen-bond acceptors (Lipinski definition) is 4. The molecule has 1 heterocycles. The molecule has 152 valence electrons. The second-order valence-corrected chi connectivity index (χ2v) is 7.29. The number of nitrogens with zero attached hydrogens (tertiary/aromatic N) is 1. The van der Waals surface area contributed by atoms with Gasteiger partial charge in [0.05, 0.1) is 0 Å². The zero-order chi connectivity index (χ0) is 20.9. The minimum Gasteiger partial charge on any atom is -0.484 e. The number of benzene rings is 3. The second-order valence-electron chi connectivity index (χ2n) is 7.29. The molecule has 0 spiro atoms. The Kier molecular flexibility index (Phi) is 5.80. The zero-order valence-corrected chi connectivity index (χ0v) is 17.1. The third-order valence-corrected chi connectivity index (χ3v) is 5.10. The van der Waals surface area contributed by atoms with Crippen LogP contribution < -0.4 is 10.1 Å². The van der Waals surface area contributed by atoms with E-state index in [4.69, 9.17) is 9.15 Å². The first-order valence-corrected chi connectivity index (χ1v) is 10.1. The summed E-state index contributed by atoms with van der Waals surface area (Å²) < 4.78 is 11.4. The van der Waals surface area contributed by atoms with Gasteiger partial charge in [-0.25, -0.2) is 4.98 Å². The summed E-state index contributed by atoms with van der Waals surface area (Å²) in [5, 5.41) is 2.85. The van der Waals surface area contributed by atoms with Gasteiger partial charge in [-0.15, -0.1) is 0 Å². The van der Waals surface area contributed by atoms with Crippen molar-refractivity contribution in [3.63, 3.8) is 0 Å². The molecule has 0 fully saturated rings.